The maximum atomic E-state index is 12.5. The number of nitrogens with zero attached hydrogens (tertiary/aromatic N) is 1. The minimum absolute atomic E-state index is 0.0543. The Balaban J connectivity index is 2.15. The van der Waals surface area contributed by atoms with Gasteiger partial charge in [0.1, 0.15) is 0 Å². The molecule has 2 rings (SSSR count). The topological polar surface area (TPSA) is 37.4 Å². The number of hydrogen-bond acceptors (Lipinski definition) is 2. The van der Waals surface area contributed by atoms with E-state index in [9.17, 15) is 9.59 Å². The number of amides is 1. The zero-order chi connectivity index (χ0) is 16.3. The Morgan fingerprint density at radius 1 is 0.955 bits per heavy atom. The van der Waals surface area contributed by atoms with E-state index in [1.807, 2.05) is 31.2 Å². The number of halogens is 1. The Kier molecular flexibility index (Phi) is 5.34. The van der Waals surface area contributed by atoms with Gasteiger partial charge in [-0.3, -0.25) is 9.59 Å². The molecule has 4 heteroatoms. The maximum absolute atomic E-state index is 12.5. The molecule has 22 heavy (non-hydrogen) atoms. The van der Waals surface area contributed by atoms with Crippen LogP contribution in [0, 0.1) is 10.5 Å². The SMILES string of the molecule is Cc1ccc(C(=O)C(C)N(C)C(=O)c2ccc(I)cc2)cc1. The molecule has 0 aliphatic heterocycles. The van der Waals surface area contributed by atoms with E-state index in [4.69, 9.17) is 0 Å². The molecule has 1 amide bonds. The number of ketones is 1. The molecule has 0 saturated heterocycles. The quantitative estimate of drug-likeness (QED) is 0.569. The van der Waals surface area contributed by atoms with Gasteiger partial charge in [0.2, 0.25) is 0 Å². The average molecular weight is 407 g/mol. The van der Waals surface area contributed by atoms with E-state index in [1.165, 1.54) is 4.90 Å². The highest BCUT2D eigenvalue weighted by atomic mass is 127. The van der Waals surface area contributed by atoms with Gasteiger partial charge in [-0.25, -0.2) is 0 Å². The Morgan fingerprint density at radius 2 is 1.45 bits per heavy atom. The Morgan fingerprint density at radius 3 is 2.00 bits per heavy atom. The van der Waals surface area contributed by atoms with Crippen LogP contribution in [0.2, 0.25) is 0 Å². The standard InChI is InChI=1S/C18H18INO2/c1-12-4-6-14(7-5-12)17(21)13(2)20(3)18(22)15-8-10-16(19)11-9-15/h4-11,13H,1-3H3. The minimum atomic E-state index is -0.505. The third kappa shape index (κ3) is 3.74. The van der Waals surface area contributed by atoms with Crippen molar-refractivity contribution in [2.75, 3.05) is 7.05 Å². The van der Waals surface area contributed by atoms with Crippen LogP contribution >= 0.6 is 22.6 Å². The predicted molar refractivity (Wildman–Crippen MR) is 96.2 cm³/mol. The molecule has 0 bridgehead atoms. The normalized spacial score (nSPS) is 11.8. The number of Topliss-reactive ketones (excluding diaryl/α,β-unsaturated/α-hetero) is 1. The van der Waals surface area contributed by atoms with Crippen molar-refractivity contribution in [3.63, 3.8) is 0 Å². The molecule has 1 unspecified atom stereocenters. The summed E-state index contributed by atoms with van der Waals surface area (Å²) in [5, 5.41) is 0. The monoisotopic (exact) mass is 407 g/mol. The van der Waals surface area contributed by atoms with Gasteiger partial charge in [0.25, 0.3) is 5.91 Å². The summed E-state index contributed by atoms with van der Waals surface area (Å²) >= 11 is 2.19. The average Bonchev–Trinajstić information content (AvgIpc) is 2.53. The van der Waals surface area contributed by atoms with Crippen LogP contribution in [0.25, 0.3) is 0 Å². The highest BCUT2D eigenvalue weighted by Crippen LogP contribution is 2.14. The molecule has 114 valence electrons. The molecule has 1 atom stereocenters. The lowest BCUT2D eigenvalue weighted by atomic mass is 10.0. The molecule has 0 aliphatic rings. The van der Waals surface area contributed by atoms with Crippen molar-refractivity contribution in [3.8, 4) is 0 Å². The molecule has 2 aromatic carbocycles. The van der Waals surface area contributed by atoms with Crippen LogP contribution in [-0.4, -0.2) is 29.7 Å². The highest BCUT2D eigenvalue weighted by molar-refractivity contribution is 14.1. The van der Waals surface area contributed by atoms with Crippen LogP contribution in [0.4, 0.5) is 0 Å². The van der Waals surface area contributed by atoms with E-state index in [0.29, 0.717) is 11.1 Å². The highest BCUT2D eigenvalue weighted by Gasteiger charge is 2.24. The zero-order valence-electron chi connectivity index (χ0n) is 12.8. The lowest BCUT2D eigenvalue weighted by Crippen LogP contribution is -2.40. The molecule has 0 spiro atoms. The van der Waals surface area contributed by atoms with Gasteiger partial charge in [-0.1, -0.05) is 29.8 Å². The van der Waals surface area contributed by atoms with E-state index >= 15 is 0 Å². The smallest absolute Gasteiger partial charge is 0.254 e. The summed E-state index contributed by atoms with van der Waals surface area (Å²) in [5.41, 5.74) is 2.32. The molecule has 0 aliphatic carbocycles. The summed E-state index contributed by atoms with van der Waals surface area (Å²) in [6, 6.07) is 14.2. The lowest BCUT2D eigenvalue weighted by Gasteiger charge is -2.24. The molecule has 0 aromatic heterocycles. The molecular formula is C18H18INO2. The van der Waals surface area contributed by atoms with Gasteiger partial charge in [0, 0.05) is 21.7 Å². The van der Waals surface area contributed by atoms with Crippen molar-refractivity contribution >= 4 is 34.3 Å². The molecule has 0 fully saturated rings. The van der Waals surface area contributed by atoms with E-state index in [1.54, 1.807) is 38.2 Å². The van der Waals surface area contributed by atoms with E-state index < -0.39 is 6.04 Å². The van der Waals surface area contributed by atoms with Gasteiger partial charge < -0.3 is 4.90 Å². The van der Waals surface area contributed by atoms with Gasteiger partial charge in [-0.15, -0.1) is 0 Å². The van der Waals surface area contributed by atoms with Crippen molar-refractivity contribution in [2.24, 2.45) is 0 Å². The Hall–Kier alpha value is -1.69. The van der Waals surface area contributed by atoms with Crippen LogP contribution < -0.4 is 0 Å². The number of carbonyl (C=O) groups is 2. The van der Waals surface area contributed by atoms with Crippen LogP contribution in [0.5, 0.6) is 0 Å². The lowest BCUT2D eigenvalue weighted by molar-refractivity contribution is 0.0675. The van der Waals surface area contributed by atoms with Crippen molar-refractivity contribution < 1.29 is 9.59 Å². The Labute approximate surface area is 144 Å². The van der Waals surface area contributed by atoms with Crippen LogP contribution in [0.1, 0.15) is 33.2 Å². The molecular weight excluding hydrogens is 389 g/mol. The number of aryl methyl sites for hydroxylation is 1. The summed E-state index contributed by atoms with van der Waals surface area (Å²) < 4.78 is 1.07. The number of carbonyl (C=O) groups excluding carboxylic acids is 2. The van der Waals surface area contributed by atoms with Gasteiger partial charge in [-0.05, 0) is 60.7 Å². The van der Waals surface area contributed by atoms with Crippen LogP contribution in [0.3, 0.4) is 0 Å². The van der Waals surface area contributed by atoms with Gasteiger partial charge >= 0.3 is 0 Å². The maximum Gasteiger partial charge on any atom is 0.254 e. The second-order valence-electron chi connectivity index (χ2n) is 5.33. The number of benzene rings is 2. The summed E-state index contributed by atoms with van der Waals surface area (Å²) in [5.74, 6) is -0.203. The largest absolute Gasteiger partial charge is 0.332 e. The minimum Gasteiger partial charge on any atom is -0.332 e. The first kappa shape index (κ1) is 16.7. The van der Waals surface area contributed by atoms with Gasteiger partial charge in [0.05, 0.1) is 6.04 Å². The van der Waals surface area contributed by atoms with Crippen molar-refractivity contribution in [3.05, 3.63) is 68.8 Å². The first-order valence-corrected chi connectivity index (χ1v) is 8.11. The first-order chi connectivity index (χ1) is 10.4. The van der Waals surface area contributed by atoms with E-state index in [2.05, 4.69) is 22.6 Å². The van der Waals surface area contributed by atoms with Gasteiger partial charge in [-0.2, -0.15) is 0 Å². The number of rotatable bonds is 4. The second kappa shape index (κ2) is 7.05. The van der Waals surface area contributed by atoms with Gasteiger partial charge in [0.15, 0.2) is 5.78 Å². The zero-order valence-corrected chi connectivity index (χ0v) is 15.0. The van der Waals surface area contributed by atoms with E-state index in [0.717, 1.165) is 9.13 Å². The summed E-state index contributed by atoms with van der Waals surface area (Å²) in [6.45, 7) is 3.73. The number of likely N-dealkylation sites (N-methyl/N-ethyl adjacent to an activating group) is 1. The predicted octanol–water partition coefficient (Wildman–Crippen LogP) is 3.94. The van der Waals surface area contributed by atoms with Crippen LogP contribution in [0.15, 0.2) is 48.5 Å². The van der Waals surface area contributed by atoms with Crippen molar-refractivity contribution in [1.82, 2.24) is 4.90 Å². The van der Waals surface area contributed by atoms with Crippen molar-refractivity contribution in [1.29, 1.82) is 0 Å². The molecule has 0 N–H and O–H groups in total. The summed E-state index contributed by atoms with van der Waals surface area (Å²) in [6.07, 6.45) is 0. The third-order valence-corrected chi connectivity index (χ3v) is 4.43. The molecule has 0 heterocycles. The van der Waals surface area contributed by atoms with Crippen LogP contribution in [-0.2, 0) is 0 Å². The molecule has 0 radical (unpaired) electrons. The second-order valence-corrected chi connectivity index (χ2v) is 6.57. The fourth-order valence-corrected chi connectivity index (χ4v) is 2.47. The number of hydrogen-bond donors (Lipinski definition) is 0. The summed E-state index contributed by atoms with van der Waals surface area (Å²) in [4.78, 5) is 26.4. The third-order valence-electron chi connectivity index (χ3n) is 3.71. The molecule has 0 saturated carbocycles. The van der Waals surface area contributed by atoms with E-state index in [-0.39, 0.29) is 11.7 Å². The fourth-order valence-electron chi connectivity index (χ4n) is 2.11. The van der Waals surface area contributed by atoms with Crippen molar-refractivity contribution in [2.45, 2.75) is 19.9 Å². The first-order valence-electron chi connectivity index (χ1n) is 7.04. The Bertz CT molecular complexity index is 616. The molecule has 3 nitrogen and oxygen atoms in total. The summed E-state index contributed by atoms with van der Waals surface area (Å²) in [7, 11) is 1.66. The molecule has 2 aromatic rings. The fraction of sp³-hybridized carbons (Fsp3) is 0.222.